The molecule has 4 rings (SSSR count). The quantitative estimate of drug-likeness (QED) is 0.481. The van der Waals surface area contributed by atoms with Crippen LogP contribution >= 0.6 is 0 Å². The highest BCUT2D eigenvalue weighted by Crippen LogP contribution is 2.29. The Morgan fingerprint density at radius 2 is 1.86 bits per heavy atom. The molecular formula is C21H15NO6. The molecule has 2 aromatic carbocycles. The Morgan fingerprint density at radius 3 is 2.64 bits per heavy atom. The van der Waals surface area contributed by atoms with Crippen molar-refractivity contribution in [3.8, 4) is 11.3 Å². The molecule has 0 aliphatic heterocycles. The lowest BCUT2D eigenvalue weighted by Crippen LogP contribution is -2.08. The van der Waals surface area contributed by atoms with E-state index >= 15 is 0 Å². The fourth-order valence-corrected chi connectivity index (χ4v) is 2.81. The van der Waals surface area contributed by atoms with Gasteiger partial charge in [0, 0.05) is 11.1 Å². The molecule has 0 aliphatic carbocycles. The molecule has 0 saturated carbocycles. The van der Waals surface area contributed by atoms with Gasteiger partial charge in [0.25, 0.3) is 0 Å². The number of fused-ring (bicyclic) bond motifs is 1. The van der Waals surface area contributed by atoms with E-state index in [1.165, 1.54) is 13.4 Å². The highest BCUT2D eigenvalue weighted by Gasteiger charge is 2.19. The molecule has 0 N–H and O–H groups in total. The van der Waals surface area contributed by atoms with Gasteiger partial charge in [-0.25, -0.2) is 9.59 Å². The van der Waals surface area contributed by atoms with Gasteiger partial charge >= 0.3 is 11.9 Å². The third kappa shape index (κ3) is 3.25. The normalized spacial score (nSPS) is 10.8. The lowest BCUT2D eigenvalue weighted by molar-refractivity contribution is 0.0454. The van der Waals surface area contributed by atoms with E-state index in [0.29, 0.717) is 27.8 Å². The van der Waals surface area contributed by atoms with E-state index in [9.17, 15) is 9.59 Å². The van der Waals surface area contributed by atoms with Gasteiger partial charge in [-0.05, 0) is 24.3 Å². The number of benzene rings is 2. The van der Waals surface area contributed by atoms with Crippen LogP contribution in [0.2, 0.25) is 0 Å². The van der Waals surface area contributed by atoms with Crippen LogP contribution < -0.4 is 0 Å². The summed E-state index contributed by atoms with van der Waals surface area (Å²) in [5, 5.41) is 4.74. The lowest BCUT2D eigenvalue weighted by Gasteiger charge is -2.05. The van der Waals surface area contributed by atoms with Crippen molar-refractivity contribution in [2.24, 2.45) is 0 Å². The number of carbonyl (C=O) groups is 2. The Balaban J connectivity index is 1.57. The topological polar surface area (TPSA) is 91.8 Å². The maximum absolute atomic E-state index is 12.5. The molecule has 7 nitrogen and oxygen atoms in total. The molecule has 0 saturated heterocycles. The van der Waals surface area contributed by atoms with E-state index in [4.69, 9.17) is 13.7 Å². The van der Waals surface area contributed by atoms with Gasteiger partial charge in [0.2, 0.25) is 5.76 Å². The number of aromatic nitrogens is 1. The molecule has 0 radical (unpaired) electrons. The Labute approximate surface area is 159 Å². The molecule has 0 amide bonds. The first-order valence-electron chi connectivity index (χ1n) is 8.44. The maximum atomic E-state index is 12.5. The molecule has 0 unspecified atom stereocenters. The van der Waals surface area contributed by atoms with Crippen LogP contribution in [0.15, 0.2) is 69.8 Å². The van der Waals surface area contributed by atoms with Crippen molar-refractivity contribution < 1.29 is 28.0 Å². The van der Waals surface area contributed by atoms with Crippen LogP contribution in [0.5, 0.6) is 0 Å². The summed E-state index contributed by atoms with van der Waals surface area (Å²) in [5.41, 5.74) is 2.27. The average Bonchev–Trinajstić information content (AvgIpc) is 3.38. The van der Waals surface area contributed by atoms with Crippen LogP contribution in [0.1, 0.15) is 26.5 Å². The van der Waals surface area contributed by atoms with Crippen molar-refractivity contribution >= 4 is 22.8 Å². The maximum Gasteiger partial charge on any atom is 0.374 e. The summed E-state index contributed by atoms with van der Waals surface area (Å²) in [6.45, 7) is -0.118. The average molecular weight is 377 g/mol. The smallest absolute Gasteiger partial charge is 0.374 e. The molecule has 4 aromatic rings. The molecule has 0 atom stereocenters. The number of nitrogens with zero attached hydrogens (tertiary/aromatic N) is 1. The number of methoxy groups -OCH3 is 1. The van der Waals surface area contributed by atoms with E-state index < -0.39 is 11.9 Å². The molecule has 0 aliphatic rings. The molecule has 0 spiro atoms. The van der Waals surface area contributed by atoms with Gasteiger partial charge in [-0.15, -0.1) is 0 Å². The largest absolute Gasteiger partial charge is 0.463 e. The Bertz CT molecular complexity index is 1140. The van der Waals surface area contributed by atoms with Gasteiger partial charge in [0.1, 0.15) is 12.1 Å². The highest BCUT2D eigenvalue weighted by molar-refractivity contribution is 5.98. The molecule has 0 fully saturated rings. The van der Waals surface area contributed by atoms with Crippen molar-refractivity contribution in [1.82, 2.24) is 5.16 Å². The van der Waals surface area contributed by atoms with Gasteiger partial charge in [0.05, 0.1) is 24.3 Å². The third-order valence-electron chi connectivity index (χ3n) is 4.22. The van der Waals surface area contributed by atoms with Crippen LogP contribution in [0.3, 0.4) is 0 Å². The first kappa shape index (κ1) is 17.5. The van der Waals surface area contributed by atoms with E-state index in [1.54, 1.807) is 24.3 Å². The van der Waals surface area contributed by atoms with Crippen molar-refractivity contribution in [3.05, 3.63) is 77.7 Å². The van der Waals surface area contributed by atoms with Gasteiger partial charge in [-0.1, -0.05) is 35.5 Å². The molecule has 7 heteroatoms. The predicted octanol–water partition coefficient (Wildman–Crippen LogP) is 4.23. The Hall–Kier alpha value is -3.87. The number of esters is 2. The molecule has 2 heterocycles. The number of rotatable bonds is 5. The number of carbonyl (C=O) groups excluding carboxylic acids is 2. The fourth-order valence-electron chi connectivity index (χ4n) is 2.81. The zero-order chi connectivity index (χ0) is 19.5. The zero-order valence-electron chi connectivity index (χ0n) is 14.9. The highest BCUT2D eigenvalue weighted by atomic mass is 16.5. The van der Waals surface area contributed by atoms with E-state index in [2.05, 4.69) is 9.89 Å². The van der Waals surface area contributed by atoms with E-state index in [-0.39, 0.29) is 12.4 Å². The summed E-state index contributed by atoms with van der Waals surface area (Å²) in [6, 6.07) is 16.0. The summed E-state index contributed by atoms with van der Waals surface area (Å²) in [7, 11) is 1.25. The predicted molar refractivity (Wildman–Crippen MR) is 98.6 cm³/mol. The van der Waals surface area contributed by atoms with Crippen LogP contribution in [0.25, 0.3) is 22.2 Å². The summed E-state index contributed by atoms with van der Waals surface area (Å²) in [4.78, 5) is 24.1. The van der Waals surface area contributed by atoms with Crippen LogP contribution in [-0.2, 0) is 16.1 Å². The number of furan rings is 1. The summed E-state index contributed by atoms with van der Waals surface area (Å²) >= 11 is 0. The number of ether oxygens (including phenoxy) is 2. The van der Waals surface area contributed by atoms with E-state index in [0.717, 1.165) is 5.56 Å². The van der Waals surface area contributed by atoms with Crippen molar-refractivity contribution in [2.45, 2.75) is 6.61 Å². The second-order valence-corrected chi connectivity index (χ2v) is 5.95. The van der Waals surface area contributed by atoms with Gasteiger partial charge in [-0.3, -0.25) is 0 Å². The second kappa shape index (κ2) is 7.40. The molecular weight excluding hydrogens is 362 g/mol. The summed E-state index contributed by atoms with van der Waals surface area (Å²) < 4.78 is 20.5. The minimum Gasteiger partial charge on any atom is -0.463 e. The monoisotopic (exact) mass is 377 g/mol. The van der Waals surface area contributed by atoms with Crippen molar-refractivity contribution in [3.63, 3.8) is 0 Å². The van der Waals surface area contributed by atoms with Gasteiger partial charge < -0.3 is 18.4 Å². The van der Waals surface area contributed by atoms with Gasteiger partial charge in [0.15, 0.2) is 5.76 Å². The summed E-state index contributed by atoms with van der Waals surface area (Å²) in [5.74, 6) is -0.585. The minimum absolute atomic E-state index is 0.0103. The first-order valence-corrected chi connectivity index (χ1v) is 8.44. The standard InChI is InChI=1S/C21H15NO6/c1-25-21(24)19-15(9-10-26-19)12-27-20(23)14-7-8-17-16(11-14)18(28-22-17)13-5-3-2-4-6-13/h2-11H,12H2,1H3. The van der Waals surface area contributed by atoms with Crippen LogP contribution in [-0.4, -0.2) is 24.2 Å². The molecule has 0 bridgehead atoms. The Kier molecular flexibility index (Phi) is 4.63. The Morgan fingerprint density at radius 1 is 1.04 bits per heavy atom. The minimum atomic E-state index is -0.630. The molecule has 28 heavy (non-hydrogen) atoms. The van der Waals surface area contributed by atoms with Crippen molar-refractivity contribution in [1.29, 1.82) is 0 Å². The zero-order valence-corrected chi connectivity index (χ0v) is 14.9. The second-order valence-electron chi connectivity index (χ2n) is 5.95. The van der Waals surface area contributed by atoms with Crippen molar-refractivity contribution in [2.75, 3.05) is 7.11 Å². The molecule has 140 valence electrons. The fraction of sp³-hybridized carbons (Fsp3) is 0.0952. The van der Waals surface area contributed by atoms with E-state index in [1.807, 2.05) is 30.3 Å². The summed E-state index contributed by atoms with van der Waals surface area (Å²) in [6.07, 6.45) is 1.34. The molecule has 2 aromatic heterocycles. The lowest BCUT2D eigenvalue weighted by atomic mass is 10.1. The number of hydrogen-bond acceptors (Lipinski definition) is 7. The SMILES string of the molecule is COC(=O)c1occc1COC(=O)c1ccc2noc(-c3ccccc3)c2c1. The third-order valence-corrected chi connectivity index (χ3v) is 4.22. The van der Waals surface area contributed by atoms with Gasteiger partial charge in [-0.2, -0.15) is 0 Å². The number of hydrogen-bond donors (Lipinski definition) is 0. The first-order chi connectivity index (χ1) is 13.7. The van der Waals surface area contributed by atoms with Crippen LogP contribution in [0.4, 0.5) is 0 Å². The van der Waals surface area contributed by atoms with Crippen LogP contribution in [0, 0.1) is 0 Å².